The maximum absolute atomic E-state index is 9.40. The molecule has 0 spiro atoms. The molecule has 3 heteroatoms. The summed E-state index contributed by atoms with van der Waals surface area (Å²) in [7, 11) is 3.55. The minimum Gasteiger partial charge on any atom is -0.496 e. The third kappa shape index (κ3) is 2.97. The zero-order chi connectivity index (χ0) is 12.0. The Hall–Kier alpha value is -1.06. The number of benzene rings is 1. The molecule has 0 saturated heterocycles. The normalized spacial score (nSPS) is 12.5. The maximum Gasteiger partial charge on any atom is 0.122 e. The van der Waals surface area contributed by atoms with Gasteiger partial charge in [0.2, 0.25) is 0 Å². The highest BCUT2D eigenvalue weighted by molar-refractivity contribution is 5.40. The van der Waals surface area contributed by atoms with Crippen LogP contribution in [0, 0.1) is 0 Å². The summed E-state index contributed by atoms with van der Waals surface area (Å²) >= 11 is 0. The molecule has 1 aromatic carbocycles. The van der Waals surface area contributed by atoms with Crippen LogP contribution in [-0.4, -0.2) is 32.4 Å². The van der Waals surface area contributed by atoms with Gasteiger partial charge in [-0.05, 0) is 25.1 Å². The molecular formula is C13H21NO2. The number of nitrogens with one attached hydrogen (secondary N) is 1. The van der Waals surface area contributed by atoms with Crippen molar-refractivity contribution in [3.63, 3.8) is 0 Å². The van der Waals surface area contributed by atoms with Crippen LogP contribution in [0.3, 0.4) is 0 Å². The second-order valence-electron chi connectivity index (χ2n) is 3.87. The average Bonchev–Trinajstić information content (AvgIpc) is 2.35. The summed E-state index contributed by atoms with van der Waals surface area (Å²) in [6, 6.07) is 6.17. The summed E-state index contributed by atoms with van der Waals surface area (Å²) in [4.78, 5) is 0. The maximum atomic E-state index is 9.40. The van der Waals surface area contributed by atoms with E-state index in [0.29, 0.717) is 0 Å². The number of methoxy groups -OCH3 is 1. The fourth-order valence-corrected chi connectivity index (χ4v) is 1.84. The lowest BCUT2D eigenvalue weighted by Gasteiger charge is -2.18. The first-order valence-electron chi connectivity index (χ1n) is 5.69. The number of aliphatic hydroxyl groups excluding tert-OH is 1. The van der Waals surface area contributed by atoms with Crippen LogP contribution in [0.25, 0.3) is 0 Å². The molecule has 0 bridgehead atoms. The summed E-state index contributed by atoms with van der Waals surface area (Å²) in [6.45, 7) is 3.00. The van der Waals surface area contributed by atoms with Crippen molar-refractivity contribution >= 4 is 0 Å². The van der Waals surface area contributed by atoms with E-state index in [1.807, 2.05) is 13.1 Å². The van der Waals surface area contributed by atoms with E-state index in [2.05, 4.69) is 24.4 Å². The molecule has 0 radical (unpaired) electrons. The van der Waals surface area contributed by atoms with Crippen molar-refractivity contribution in [2.45, 2.75) is 19.3 Å². The Balaban J connectivity index is 3.05. The van der Waals surface area contributed by atoms with Crippen LogP contribution in [0.5, 0.6) is 5.75 Å². The zero-order valence-corrected chi connectivity index (χ0v) is 10.3. The molecule has 0 heterocycles. The summed E-state index contributed by atoms with van der Waals surface area (Å²) in [5, 5.41) is 12.5. The lowest BCUT2D eigenvalue weighted by Crippen LogP contribution is -2.20. The van der Waals surface area contributed by atoms with Crippen molar-refractivity contribution in [3.05, 3.63) is 29.3 Å². The Morgan fingerprint density at radius 2 is 2.19 bits per heavy atom. The number of likely N-dealkylation sites (N-methyl/N-ethyl adjacent to an activating group) is 1. The highest BCUT2D eigenvalue weighted by Crippen LogP contribution is 2.27. The molecule has 0 aliphatic carbocycles. The van der Waals surface area contributed by atoms with Gasteiger partial charge in [0.1, 0.15) is 5.75 Å². The third-order valence-electron chi connectivity index (χ3n) is 2.81. The van der Waals surface area contributed by atoms with Crippen molar-refractivity contribution in [1.82, 2.24) is 5.32 Å². The molecular weight excluding hydrogens is 202 g/mol. The first-order valence-corrected chi connectivity index (χ1v) is 5.69. The van der Waals surface area contributed by atoms with E-state index in [-0.39, 0.29) is 12.5 Å². The van der Waals surface area contributed by atoms with E-state index in [4.69, 9.17) is 4.74 Å². The van der Waals surface area contributed by atoms with Gasteiger partial charge in [-0.3, -0.25) is 0 Å². The SMILES string of the molecule is CCc1ccc(OC)c(C(CO)CNC)c1. The first kappa shape index (κ1) is 13.0. The Morgan fingerprint density at radius 3 is 2.69 bits per heavy atom. The predicted octanol–water partition coefficient (Wildman–Crippen LogP) is 1.55. The molecule has 2 N–H and O–H groups in total. The van der Waals surface area contributed by atoms with E-state index >= 15 is 0 Å². The second-order valence-corrected chi connectivity index (χ2v) is 3.87. The summed E-state index contributed by atoms with van der Waals surface area (Å²) in [5.41, 5.74) is 2.35. The minimum absolute atomic E-state index is 0.0893. The molecule has 1 rings (SSSR count). The molecule has 1 atom stereocenters. The van der Waals surface area contributed by atoms with Crippen molar-refractivity contribution in [3.8, 4) is 5.75 Å². The largest absolute Gasteiger partial charge is 0.496 e. The lowest BCUT2D eigenvalue weighted by atomic mass is 9.96. The molecule has 0 aliphatic heterocycles. The van der Waals surface area contributed by atoms with Crippen LogP contribution < -0.4 is 10.1 Å². The number of aryl methyl sites for hydroxylation is 1. The van der Waals surface area contributed by atoms with Crippen LogP contribution in [0.2, 0.25) is 0 Å². The van der Waals surface area contributed by atoms with Crippen LogP contribution in [0.15, 0.2) is 18.2 Å². The monoisotopic (exact) mass is 223 g/mol. The van der Waals surface area contributed by atoms with Gasteiger partial charge < -0.3 is 15.2 Å². The van der Waals surface area contributed by atoms with Gasteiger partial charge in [0, 0.05) is 18.0 Å². The summed E-state index contributed by atoms with van der Waals surface area (Å²) in [5.74, 6) is 0.943. The van der Waals surface area contributed by atoms with Crippen LogP contribution in [0.4, 0.5) is 0 Å². The van der Waals surface area contributed by atoms with Gasteiger partial charge >= 0.3 is 0 Å². The third-order valence-corrected chi connectivity index (χ3v) is 2.81. The Morgan fingerprint density at radius 1 is 1.44 bits per heavy atom. The molecule has 0 aromatic heterocycles. The smallest absolute Gasteiger partial charge is 0.122 e. The van der Waals surface area contributed by atoms with Gasteiger partial charge in [0.25, 0.3) is 0 Å². The standard InChI is InChI=1S/C13H21NO2/c1-4-10-5-6-13(16-3)12(7-10)11(9-15)8-14-2/h5-7,11,14-15H,4,8-9H2,1-3H3. The molecule has 0 amide bonds. The molecule has 3 nitrogen and oxygen atoms in total. The highest BCUT2D eigenvalue weighted by Gasteiger charge is 2.15. The highest BCUT2D eigenvalue weighted by atomic mass is 16.5. The van der Waals surface area contributed by atoms with Crippen molar-refractivity contribution < 1.29 is 9.84 Å². The van der Waals surface area contributed by atoms with E-state index < -0.39 is 0 Å². The van der Waals surface area contributed by atoms with Gasteiger partial charge in [0.15, 0.2) is 0 Å². The topological polar surface area (TPSA) is 41.5 Å². The van der Waals surface area contributed by atoms with E-state index in [1.54, 1.807) is 7.11 Å². The van der Waals surface area contributed by atoms with Crippen LogP contribution >= 0.6 is 0 Å². The Labute approximate surface area is 97.4 Å². The quantitative estimate of drug-likeness (QED) is 0.769. The van der Waals surface area contributed by atoms with Crippen LogP contribution in [-0.2, 0) is 6.42 Å². The number of aliphatic hydroxyl groups is 1. The van der Waals surface area contributed by atoms with E-state index in [0.717, 1.165) is 24.3 Å². The number of hydrogen-bond donors (Lipinski definition) is 2. The Bertz CT molecular complexity index is 326. The molecule has 90 valence electrons. The summed E-state index contributed by atoms with van der Waals surface area (Å²) < 4.78 is 5.34. The van der Waals surface area contributed by atoms with E-state index in [9.17, 15) is 5.11 Å². The van der Waals surface area contributed by atoms with Gasteiger partial charge in [-0.25, -0.2) is 0 Å². The number of rotatable bonds is 6. The molecule has 1 unspecified atom stereocenters. The summed E-state index contributed by atoms with van der Waals surface area (Å²) in [6.07, 6.45) is 0.995. The molecule has 0 fully saturated rings. The average molecular weight is 223 g/mol. The molecule has 0 saturated carbocycles. The fourth-order valence-electron chi connectivity index (χ4n) is 1.84. The zero-order valence-electron chi connectivity index (χ0n) is 10.3. The van der Waals surface area contributed by atoms with Gasteiger partial charge in [-0.15, -0.1) is 0 Å². The van der Waals surface area contributed by atoms with Gasteiger partial charge in [0.05, 0.1) is 13.7 Å². The number of hydrogen-bond acceptors (Lipinski definition) is 3. The van der Waals surface area contributed by atoms with Gasteiger partial charge in [-0.1, -0.05) is 19.1 Å². The second kappa shape index (κ2) is 6.51. The van der Waals surface area contributed by atoms with Gasteiger partial charge in [-0.2, -0.15) is 0 Å². The molecule has 1 aromatic rings. The lowest BCUT2D eigenvalue weighted by molar-refractivity contribution is 0.260. The molecule has 0 aliphatic rings. The van der Waals surface area contributed by atoms with Crippen molar-refractivity contribution in [2.75, 3.05) is 27.3 Å². The van der Waals surface area contributed by atoms with E-state index in [1.165, 1.54) is 5.56 Å². The fraction of sp³-hybridized carbons (Fsp3) is 0.538. The number of ether oxygens (including phenoxy) is 1. The predicted molar refractivity (Wildman–Crippen MR) is 66.1 cm³/mol. The minimum atomic E-state index is 0.0893. The van der Waals surface area contributed by atoms with Crippen molar-refractivity contribution in [2.24, 2.45) is 0 Å². The Kier molecular flexibility index (Phi) is 5.29. The van der Waals surface area contributed by atoms with Crippen LogP contribution in [0.1, 0.15) is 24.0 Å². The first-order chi connectivity index (χ1) is 7.76. The van der Waals surface area contributed by atoms with Crippen molar-refractivity contribution in [1.29, 1.82) is 0 Å². The molecule has 16 heavy (non-hydrogen) atoms.